The number of rotatable bonds is 10. The lowest BCUT2D eigenvalue weighted by molar-refractivity contribution is 0.0868. The highest BCUT2D eigenvalue weighted by Gasteiger charge is 2.12. The van der Waals surface area contributed by atoms with E-state index in [2.05, 4.69) is 0 Å². The number of aliphatic hydroxyl groups excluding tert-OH is 1. The van der Waals surface area contributed by atoms with Gasteiger partial charge < -0.3 is 14.6 Å². The molecule has 1 aromatic carbocycles. The number of hydrogen-bond acceptors (Lipinski definition) is 5. The highest BCUT2D eigenvalue weighted by atomic mass is 16.5. The largest absolute Gasteiger partial charge is 0.494 e. The molecule has 1 N–H and O–H groups in total. The molecule has 5 heteroatoms. The van der Waals surface area contributed by atoms with Crippen LogP contribution in [0.15, 0.2) is 24.3 Å². The summed E-state index contributed by atoms with van der Waals surface area (Å²) in [5, 5.41) is 9.00. The fraction of sp³-hybridized carbons (Fsp3) is 0.533. The van der Waals surface area contributed by atoms with Gasteiger partial charge in [0.25, 0.3) is 0 Å². The number of hydrogen-bond donors (Lipinski definition) is 1. The normalized spacial score (nSPS) is 10.8. The molecule has 0 aromatic heterocycles. The molecule has 0 aliphatic rings. The summed E-state index contributed by atoms with van der Waals surface area (Å²) in [6, 6.07) is 7.12. The lowest BCUT2D eigenvalue weighted by Crippen LogP contribution is -2.35. The van der Waals surface area contributed by atoms with Gasteiger partial charge in [0.2, 0.25) is 0 Å². The van der Waals surface area contributed by atoms with E-state index in [1.54, 1.807) is 31.4 Å². The molecule has 0 radical (unpaired) electrons. The highest BCUT2D eigenvalue weighted by molar-refractivity contribution is 5.97. The molecule has 0 fully saturated rings. The smallest absolute Gasteiger partial charge is 0.176 e. The van der Waals surface area contributed by atoms with Crippen molar-refractivity contribution in [1.29, 1.82) is 0 Å². The zero-order valence-corrected chi connectivity index (χ0v) is 12.2. The van der Waals surface area contributed by atoms with Crippen molar-refractivity contribution in [2.45, 2.75) is 6.92 Å². The van der Waals surface area contributed by atoms with Crippen LogP contribution in [-0.4, -0.2) is 62.4 Å². The number of ketones is 1. The van der Waals surface area contributed by atoms with Crippen LogP contribution in [0.2, 0.25) is 0 Å². The van der Waals surface area contributed by atoms with E-state index in [-0.39, 0.29) is 18.9 Å². The van der Waals surface area contributed by atoms with Gasteiger partial charge >= 0.3 is 0 Å². The molecular formula is C15H23NO4. The number of aliphatic hydroxyl groups is 1. The van der Waals surface area contributed by atoms with E-state index in [1.807, 2.05) is 11.8 Å². The first-order valence-corrected chi connectivity index (χ1v) is 6.79. The second kappa shape index (κ2) is 9.47. The Bertz CT molecular complexity index is 391. The van der Waals surface area contributed by atoms with Gasteiger partial charge in [-0.1, -0.05) is 0 Å². The van der Waals surface area contributed by atoms with Crippen LogP contribution in [0, 0.1) is 0 Å². The molecule has 1 rings (SSSR count). The number of ether oxygens (including phenoxy) is 2. The van der Waals surface area contributed by atoms with E-state index in [4.69, 9.17) is 14.6 Å². The molecule has 0 bridgehead atoms. The molecule has 0 aliphatic heterocycles. The van der Waals surface area contributed by atoms with Gasteiger partial charge in [-0.25, -0.2) is 0 Å². The maximum Gasteiger partial charge on any atom is 0.176 e. The third-order valence-corrected chi connectivity index (χ3v) is 2.88. The van der Waals surface area contributed by atoms with Crippen LogP contribution >= 0.6 is 0 Å². The SMILES string of the molecule is CCOc1ccc(C(=O)CN(CCO)CCOC)cc1. The third kappa shape index (κ3) is 5.69. The van der Waals surface area contributed by atoms with Gasteiger partial charge in [-0.15, -0.1) is 0 Å². The summed E-state index contributed by atoms with van der Waals surface area (Å²) in [6.45, 7) is 4.46. The highest BCUT2D eigenvalue weighted by Crippen LogP contribution is 2.12. The van der Waals surface area contributed by atoms with E-state index in [0.29, 0.717) is 31.9 Å². The summed E-state index contributed by atoms with van der Waals surface area (Å²) in [6.07, 6.45) is 0. The minimum Gasteiger partial charge on any atom is -0.494 e. The van der Waals surface area contributed by atoms with Gasteiger partial charge in [0, 0.05) is 25.8 Å². The average molecular weight is 281 g/mol. The minimum absolute atomic E-state index is 0.0256. The standard InChI is InChI=1S/C15H23NO4/c1-3-20-14-6-4-13(5-7-14)15(18)12-16(8-10-17)9-11-19-2/h4-7,17H,3,8-12H2,1-2H3. The first kappa shape index (κ1) is 16.6. The molecule has 112 valence electrons. The van der Waals surface area contributed by atoms with Gasteiger partial charge in [-0.3, -0.25) is 9.69 Å². The monoisotopic (exact) mass is 281 g/mol. The Labute approximate surface area is 120 Å². The van der Waals surface area contributed by atoms with Crippen molar-refractivity contribution < 1.29 is 19.4 Å². The van der Waals surface area contributed by atoms with Gasteiger partial charge in [-0.05, 0) is 31.2 Å². The summed E-state index contributed by atoms with van der Waals surface area (Å²) < 4.78 is 10.3. The minimum atomic E-state index is 0.0256. The molecule has 0 heterocycles. The number of benzene rings is 1. The second-order valence-electron chi connectivity index (χ2n) is 4.37. The third-order valence-electron chi connectivity index (χ3n) is 2.88. The molecule has 0 unspecified atom stereocenters. The molecule has 0 spiro atoms. The lowest BCUT2D eigenvalue weighted by Gasteiger charge is -2.19. The molecule has 0 saturated heterocycles. The van der Waals surface area contributed by atoms with E-state index in [9.17, 15) is 4.79 Å². The Balaban J connectivity index is 2.58. The summed E-state index contributed by atoms with van der Waals surface area (Å²) in [5.41, 5.74) is 0.647. The van der Waals surface area contributed by atoms with Crippen LogP contribution in [-0.2, 0) is 4.74 Å². The van der Waals surface area contributed by atoms with Crippen LogP contribution in [0.1, 0.15) is 17.3 Å². The zero-order valence-electron chi connectivity index (χ0n) is 12.2. The fourth-order valence-electron chi connectivity index (χ4n) is 1.83. The summed E-state index contributed by atoms with van der Waals surface area (Å²) in [7, 11) is 1.62. The molecule has 20 heavy (non-hydrogen) atoms. The first-order valence-electron chi connectivity index (χ1n) is 6.79. The van der Waals surface area contributed by atoms with E-state index >= 15 is 0 Å². The molecular weight excluding hydrogens is 258 g/mol. The predicted octanol–water partition coefficient (Wildman–Crippen LogP) is 1.21. The quantitative estimate of drug-likeness (QED) is 0.653. The first-order chi connectivity index (χ1) is 9.71. The number of nitrogens with zero attached hydrogens (tertiary/aromatic N) is 1. The van der Waals surface area contributed by atoms with Crippen LogP contribution in [0.4, 0.5) is 0 Å². The average Bonchev–Trinajstić information content (AvgIpc) is 2.46. The van der Waals surface area contributed by atoms with Crippen molar-refractivity contribution in [3.63, 3.8) is 0 Å². The van der Waals surface area contributed by atoms with Crippen LogP contribution < -0.4 is 4.74 Å². The molecule has 1 aromatic rings. The Kier molecular flexibility index (Phi) is 7.87. The summed E-state index contributed by atoms with van der Waals surface area (Å²) in [5.74, 6) is 0.785. The summed E-state index contributed by atoms with van der Waals surface area (Å²) in [4.78, 5) is 14.0. The van der Waals surface area contributed by atoms with Crippen molar-refractivity contribution in [2.24, 2.45) is 0 Å². The van der Waals surface area contributed by atoms with Crippen LogP contribution in [0.25, 0.3) is 0 Å². The van der Waals surface area contributed by atoms with E-state index in [1.165, 1.54) is 0 Å². The van der Waals surface area contributed by atoms with Crippen molar-refractivity contribution >= 4 is 5.78 Å². The number of carbonyl (C=O) groups excluding carboxylic acids is 1. The summed E-state index contributed by atoms with van der Waals surface area (Å²) >= 11 is 0. The molecule has 0 amide bonds. The van der Waals surface area contributed by atoms with Crippen molar-refractivity contribution in [1.82, 2.24) is 4.90 Å². The molecule has 0 atom stereocenters. The van der Waals surface area contributed by atoms with Crippen molar-refractivity contribution in [3.8, 4) is 5.75 Å². The van der Waals surface area contributed by atoms with Crippen LogP contribution in [0.5, 0.6) is 5.75 Å². The predicted molar refractivity (Wildman–Crippen MR) is 77.3 cm³/mol. The van der Waals surface area contributed by atoms with E-state index < -0.39 is 0 Å². The lowest BCUT2D eigenvalue weighted by atomic mass is 10.1. The van der Waals surface area contributed by atoms with Crippen LogP contribution in [0.3, 0.4) is 0 Å². The number of Topliss-reactive ketones (excluding diaryl/α,β-unsaturated/α-hetero) is 1. The Morgan fingerprint density at radius 3 is 2.50 bits per heavy atom. The topological polar surface area (TPSA) is 59.0 Å². The fourth-order valence-corrected chi connectivity index (χ4v) is 1.83. The Morgan fingerprint density at radius 2 is 1.95 bits per heavy atom. The second-order valence-corrected chi connectivity index (χ2v) is 4.37. The number of methoxy groups -OCH3 is 1. The molecule has 5 nitrogen and oxygen atoms in total. The Hall–Kier alpha value is -1.43. The van der Waals surface area contributed by atoms with E-state index in [0.717, 1.165) is 5.75 Å². The molecule has 0 aliphatic carbocycles. The maximum atomic E-state index is 12.2. The van der Waals surface area contributed by atoms with Gasteiger partial charge in [0.1, 0.15) is 5.75 Å². The maximum absolute atomic E-state index is 12.2. The zero-order chi connectivity index (χ0) is 14.8. The van der Waals surface area contributed by atoms with Crippen molar-refractivity contribution in [3.05, 3.63) is 29.8 Å². The number of carbonyl (C=O) groups is 1. The Morgan fingerprint density at radius 1 is 1.25 bits per heavy atom. The van der Waals surface area contributed by atoms with Crippen molar-refractivity contribution in [2.75, 3.05) is 46.6 Å². The van der Waals surface area contributed by atoms with Gasteiger partial charge in [-0.2, -0.15) is 0 Å². The molecule has 0 saturated carbocycles. The van der Waals surface area contributed by atoms with Gasteiger partial charge in [0.15, 0.2) is 5.78 Å². The van der Waals surface area contributed by atoms with Gasteiger partial charge in [0.05, 0.1) is 26.4 Å².